The highest BCUT2D eigenvalue weighted by Gasteiger charge is 2.10. The fraction of sp³-hybridized carbons (Fsp3) is 0.417. The Kier molecular flexibility index (Phi) is 4.93. The van der Waals surface area contributed by atoms with Crippen molar-refractivity contribution in [2.75, 3.05) is 13.7 Å². The van der Waals surface area contributed by atoms with Crippen molar-refractivity contribution in [2.24, 2.45) is 5.73 Å². The first-order valence-electron chi connectivity index (χ1n) is 5.25. The van der Waals surface area contributed by atoms with Crippen molar-refractivity contribution < 1.29 is 19.4 Å². The van der Waals surface area contributed by atoms with E-state index >= 15 is 0 Å². The van der Waals surface area contributed by atoms with E-state index in [4.69, 9.17) is 20.3 Å². The minimum absolute atomic E-state index is 0.129. The predicted molar refractivity (Wildman–Crippen MR) is 62.5 cm³/mol. The number of carbonyl (C=O) groups excluding carboxylic acids is 1. The fourth-order valence-corrected chi connectivity index (χ4v) is 1.43. The summed E-state index contributed by atoms with van der Waals surface area (Å²) in [6.07, 6.45) is 0. The maximum absolute atomic E-state index is 10.8. The second-order valence-electron chi connectivity index (χ2n) is 3.64. The Morgan fingerprint density at radius 3 is 2.76 bits per heavy atom. The molecule has 1 rings (SSSR count). The monoisotopic (exact) mass is 239 g/mol. The SMILES string of the molecule is COc1ccc([C@H](N)CO)cc1COC(C)=O. The lowest BCUT2D eigenvalue weighted by molar-refractivity contribution is -0.142. The number of carbonyl (C=O) groups is 1. The van der Waals surface area contributed by atoms with Gasteiger partial charge in [0.1, 0.15) is 12.4 Å². The lowest BCUT2D eigenvalue weighted by Gasteiger charge is -2.13. The zero-order valence-corrected chi connectivity index (χ0v) is 9.97. The van der Waals surface area contributed by atoms with Gasteiger partial charge < -0.3 is 20.3 Å². The molecule has 0 spiro atoms. The number of benzene rings is 1. The van der Waals surface area contributed by atoms with Gasteiger partial charge >= 0.3 is 5.97 Å². The summed E-state index contributed by atoms with van der Waals surface area (Å²) in [4.78, 5) is 10.8. The van der Waals surface area contributed by atoms with Crippen molar-refractivity contribution in [3.63, 3.8) is 0 Å². The highest BCUT2D eigenvalue weighted by Crippen LogP contribution is 2.23. The van der Waals surface area contributed by atoms with Gasteiger partial charge in [-0.1, -0.05) is 6.07 Å². The van der Waals surface area contributed by atoms with E-state index in [1.54, 1.807) is 18.2 Å². The van der Waals surface area contributed by atoms with Gasteiger partial charge in [-0.05, 0) is 17.7 Å². The van der Waals surface area contributed by atoms with Gasteiger partial charge in [-0.15, -0.1) is 0 Å². The molecular weight excluding hydrogens is 222 g/mol. The summed E-state index contributed by atoms with van der Waals surface area (Å²) >= 11 is 0. The topological polar surface area (TPSA) is 81.8 Å². The summed E-state index contributed by atoms with van der Waals surface area (Å²) in [5, 5.41) is 8.98. The van der Waals surface area contributed by atoms with Crippen LogP contribution >= 0.6 is 0 Å². The molecule has 5 heteroatoms. The van der Waals surface area contributed by atoms with E-state index in [0.29, 0.717) is 5.75 Å². The first-order valence-corrected chi connectivity index (χ1v) is 5.25. The molecular formula is C12H17NO4. The number of rotatable bonds is 5. The summed E-state index contributed by atoms with van der Waals surface area (Å²) in [7, 11) is 1.54. The summed E-state index contributed by atoms with van der Waals surface area (Å²) in [5.41, 5.74) is 7.21. The van der Waals surface area contributed by atoms with Crippen LogP contribution in [-0.4, -0.2) is 24.8 Å². The second kappa shape index (κ2) is 6.22. The Balaban J connectivity index is 2.93. The highest BCUT2D eigenvalue weighted by atomic mass is 16.5. The van der Waals surface area contributed by atoms with Gasteiger partial charge in [0.2, 0.25) is 0 Å². The molecule has 0 saturated carbocycles. The number of ether oxygens (including phenoxy) is 2. The lowest BCUT2D eigenvalue weighted by Crippen LogP contribution is -2.15. The third-order valence-electron chi connectivity index (χ3n) is 2.36. The van der Waals surface area contributed by atoms with Crippen LogP contribution in [0.3, 0.4) is 0 Å². The van der Waals surface area contributed by atoms with Crippen molar-refractivity contribution in [2.45, 2.75) is 19.6 Å². The first-order chi connectivity index (χ1) is 8.08. The molecule has 3 N–H and O–H groups in total. The van der Waals surface area contributed by atoms with Gasteiger partial charge in [0.15, 0.2) is 0 Å². The number of aliphatic hydroxyl groups excluding tert-OH is 1. The van der Waals surface area contributed by atoms with Crippen molar-refractivity contribution in [1.82, 2.24) is 0 Å². The quantitative estimate of drug-likeness (QED) is 0.741. The van der Waals surface area contributed by atoms with Gasteiger partial charge in [0.05, 0.1) is 19.8 Å². The smallest absolute Gasteiger partial charge is 0.302 e. The van der Waals surface area contributed by atoms with E-state index in [2.05, 4.69) is 0 Å². The number of methoxy groups -OCH3 is 1. The molecule has 0 heterocycles. The van der Waals surface area contributed by atoms with Crippen LogP contribution in [0.4, 0.5) is 0 Å². The Morgan fingerprint density at radius 2 is 2.24 bits per heavy atom. The van der Waals surface area contributed by atoms with Crippen LogP contribution in [-0.2, 0) is 16.1 Å². The molecule has 0 radical (unpaired) electrons. The molecule has 0 amide bonds. The lowest BCUT2D eigenvalue weighted by atomic mass is 10.0. The Labute approximate surface area is 100 Å². The van der Waals surface area contributed by atoms with Crippen molar-refractivity contribution in [1.29, 1.82) is 0 Å². The number of aliphatic hydroxyl groups is 1. The molecule has 0 bridgehead atoms. The van der Waals surface area contributed by atoms with Crippen LogP contribution in [0, 0.1) is 0 Å². The van der Waals surface area contributed by atoms with E-state index in [9.17, 15) is 4.79 Å². The first kappa shape index (κ1) is 13.5. The third-order valence-corrected chi connectivity index (χ3v) is 2.36. The molecule has 1 atom stereocenters. The largest absolute Gasteiger partial charge is 0.496 e. The molecule has 94 valence electrons. The van der Waals surface area contributed by atoms with Crippen LogP contribution in [0.5, 0.6) is 5.75 Å². The van der Waals surface area contributed by atoms with E-state index < -0.39 is 6.04 Å². The van der Waals surface area contributed by atoms with E-state index in [1.807, 2.05) is 0 Å². The summed E-state index contributed by atoms with van der Waals surface area (Å²) in [5.74, 6) is 0.268. The molecule has 5 nitrogen and oxygen atoms in total. The summed E-state index contributed by atoms with van der Waals surface area (Å²) in [6, 6.07) is 4.83. The van der Waals surface area contributed by atoms with Gasteiger partial charge in [0.25, 0.3) is 0 Å². The van der Waals surface area contributed by atoms with E-state index in [0.717, 1.165) is 11.1 Å². The molecule has 0 aliphatic heterocycles. The van der Waals surface area contributed by atoms with Gasteiger partial charge in [-0.25, -0.2) is 0 Å². The third kappa shape index (κ3) is 3.72. The van der Waals surface area contributed by atoms with Crippen LogP contribution < -0.4 is 10.5 Å². The normalized spacial score (nSPS) is 12.0. The van der Waals surface area contributed by atoms with Crippen molar-refractivity contribution >= 4 is 5.97 Å². The van der Waals surface area contributed by atoms with Gasteiger partial charge in [0, 0.05) is 12.5 Å². The standard InChI is InChI=1S/C12H17NO4/c1-8(15)17-7-10-5-9(11(13)6-14)3-4-12(10)16-2/h3-5,11,14H,6-7,13H2,1-2H3/t11-/m1/s1. The van der Waals surface area contributed by atoms with E-state index in [-0.39, 0.29) is 19.2 Å². The Hall–Kier alpha value is -1.59. The van der Waals surface area contributed by atoms with Crippen LogP contribution in [0.15, 0.2) is 18.2 Å². The molecule has 0 fully saturated rings. The molecule has 1 aromatic rings. The van der Waals surface area contributed by atoms with E-state index in [1.165, 1.54) is 14.0 Å². The number of esters is 1. The number of hydrogen-bond donors (Lipinski definition) is 2. The summed E-state index contributed by atoms with van der Waals surface area (Å²) < 4.78 is 10.1. The highest BCUT2D eigenvalue weighted by molar-refractivity contribution is 5.66. The molecule has 0 aliphatic carbocycles. The van der Waals surface area contributed by atoms with Crippen molar-refractivity contribution in [3.05, 3.63) is 29.3 Å². The zero-order chi connectivity index (χ0) is 12.8. The molecule has 0 saturated heterocycles. The maximum Gasteiger partial charge on any atom is 0.302 e. The van der Waals surface area contributed by atoms with Crippen LogP contribution in [0.2, 0.25) is 0 Å². The fourth-order valence-electron chi connectivity index (χ4n) is 1.43. The molecule has 0 aromatic heterocycles. The average Bonchev–Trinajstić information content (AvgIpc) is 2.34. The minimum atomic E-state index is -0.447. The average molecular weight is 239 g/mol. The minimum Gasteiger partial charge on any atom is -0.496 e. The van der Waals surface area contributed by atoms with Gasteiger partial charge in [-0.2, -0.15) is 0 Å². The van der Waals surface area contributed by atoms with Crippen molar-refractivity contribution in [3.8, 4) is 5.75 Å². The molecule has 17 heavy (non-hydrogen) atoms. The summed E-state index contributed by atoms with van der Waals surface area (Å²) in [6.45, 7) is 1.33. The van der Waals surface area contributed by atoms with Crippen LogP contribution in [0.1, 0.15) is 24.1 Å². The number of hydrogen-bond acceptors (Lipinski definition) is 5. The Morgan fingerprint density at radius 1 is 1.53 bits per heavy atom. The second-order valence-corrected chi connectivity index (χ2v) is 3.64. The maximum atomic E-state index is 10.8. The van der Waals surface area contributed by atoms with Gasteiger partial charge in [-0.3, -0.25) is 4.79 Å². The van der Waals surface area contributed by atoms with Crippen LogP contribution in [0.25, 0.3) is 0 Å². The predicted octanol–water partition coefficient (Wildman–Crippen LogP) is 0.750. The zero-order valence-electron chi connectivity index (χ0n) is 9.97. The molecule has 0 unspecified atom stereocenters. The number of nitrogens with two attached hydrogens (primary N) is 1. The molecule has 0 aliphatic rings. The molecule has 1 aromatic carbocycles. The Bertz CT molecular complexity index is 392.